The summed E-state index contributed by atoms with van der Waals surface area (Å²) < 4.78 is 0. The average molecular weight is 355 g/mol. The summed E-state index contributed by atoms with van der Waals surface area (Å²) in [5.41, 5.74) is 2.66. The maximum absolute atomic E-state index is 13.2. The summed E-state index contributed by atoms with van der Waals surface area (Å²) in [6.07, 6.45) is 1.79. The van der Waals surface area contributed by atoms with Crippen molar-refractivity contribution in [3.05, 3.63) is 108 Å². The van der Waals surface area contributed by atoms with E-state index in [0.717, 1.165) is 26.9 Å². The van der Waals surface area contributed by atoms with Gasteiger partial charge in [-0.05, 0) is 17.7 Å². The molecule has 0 aliphatic rings. The number of benzene rings is 3. The van der Waals surface area contributed by atoms with Crippen LogP contribution in [-0.2, 0) is 0 Å². The zero-order chi connectivity index (χ0) is 17.8. The quantitative estimate of drug-likeness (QED) is 0.327. The molecule has 2 nitrogen and oxygen atoms in total. The molecular weight excluding hydrogens is 338 g/mol. The van der Waals surface area contributed by atoms with Crippen LogP contribution in [0.4, 0.5) is 0 Å². The smallest absolute Gasteiger partial charge is 0.180 e. The van der Waals surface area contributed by atoms with Gasteiger partial charge in [0.25, 0.3) is 0 Å². The van der Waals surface area contributed by atoms with Crippen LogP contribution in [0, 0.1) is 0 Å². The molecule has 4 aromatic rings. The Hall–Kier alpha value is -2.91. The van der Waals surface area contributed by atoms with Crippen LogP contribution in [0.1, 0.15) is 21.2 Å². The van der Waals surface area contributed by atoms with Gasteiger partial charge in [0.1, 0.15) is 0 Å². The van der Waals surface area contributed by atoms with Crippen LogP contribution in [0.5, 0.6) is 0 Å². The van der Waals surface area contributed by atoms with Crippen molar-refractivity contribution in [1.82, 2.24) is 4.98 Å². The molecule has 1 atom stereocenters. The highest BCUT2D eigenvalue weighted by Gasteiger charge is 2.24. The number of fused-ring (bicyclic) bond motifs is 1. The van der Waals surface area contributed by atoms with Gasteiger partial charge in [-0.15, -0.1) is 11.8 Å². The van der Waals surface area contributed by atoms with E-state index in [0.29, 0.717) is 0 Å². The van der Waals surface area contributed by atoms with Crippen LogP contribution in [0.25, 0.3) is 10.9 Å². The Kier molecular flexibility index (Phi) is 4.80. The van der Waals surface area contributed by atoms with Gasteiger partial charge in [-0.25, -0.2) is 0 Å². The zero-order valence-electron chi connectivity index (χ0n) is 14.1. The summed E-state index contributed by atoms with van der Waals surface area (Å²) in [7, 11) is 0. The summed E-state index contributed by atoms with van der Waals surface area (Å²) in [6.45, 7) is 0. The molecule has 126 valence electrons. The number of pyridine rings is 1. The molecule has 1 unspecified atom stereocenters. The van der Waals surface area contributed by atoms with Crippen molar-refractivity contribution in [2.24, 2.45) is 0 Å². The first-order chi connectivity index (χ1) is 12.8. The van der Waals surface area contributed by atoms with Gasteiger partial charge in [-0.3, -0.25) is 9.78 Å². The number of hydrogen-bond donors (Lipinski definition) is 0. The highest BCUT2D eigenvalue weighted by Crippen LogP contribution is 2.40. The Labute approximate surface area is 156 Å². The molecule has 0 fully saturated rings. The lowest BCUT2D eigenvalue weighted by molar-refractivity contribution is 0.0989. The monoisotopic (exact) mass is 355 g/mol. The summed E-state index contributed by atoms with van der Waals surface area (Å²) >= 11 is 1.56. The van der Waals surface area contributed by atoms with Gasteiger partial charge in [0, 0.05) is 22.0 Å². The minimum absolute atomic E-state index is 0.106. The van der Waals surface area contributed by atoms with E-state index in [1.807, 2.05) is 91.0 Å². The maximum Gasteiger partial charge on any atom is 0.180 e. The van der Waals surface area contributed by atoms with Gasteiger partial charge in [0.2, 0.25) is 0 Å². The van der Waals surface area contributed by atoms with Crippen LogP contribution in [0.2, 0.25) is 0 Å². The minimum Gasteiger partial charge on any atom is -0.293 e. The fourth-order valence-electron chi connectivity index (χ4n) is 2.95. The van der Waals surface area contributed by atoms with Crippen LogP contribution in [0.3, 0.4) is 0 Å². The topological polar surface area (TPSA) is 30.0 Å². The molecule has 0 bridgehead atoms. The second-order valence-corrected chi connectivity index (χ2v) is 7.12. The van der Waals surface area contributed by atoms with Gasteiger partial charge >= 0.3 is 0 Å². The number of hydrogen-bond acceptors (Lipinski definition) is 3. The lowest BCUT2D eigenvalue weighted by Gasteiger charge is -2.17. The molecule has 0 N–H and O–H groups in total. The molecule has 0 aliphatic carbocycles. The van der Waals surface area contributed by atoms with E-state index in [2.05, 4.69) is 4.98 Å². The van der Waals surface area contributed by atoms with Crippen LogP contribution in [0.15, 0.2) is 102 Å². The van der Waals surface area contributed by atoms with Crippen molar-refractivity contribution in [2.45, 2.75) is 10.1 Å². The first-order valence-corrected chi connectivity index (χ1v) is 9.35. The third-order valence-electron chi connectivity index (χ3n) is 4.24. The van der Waals surface area contributed by atoms with E-state index in [4.69, 9.17) is 0 Å². The van der Waals surface area contributed by atoms with Crippen molar-refractivity contribution in [3.8, 4) is 0 Å². The molecule has 0 radical (unpaired) electrons. The molecule has 0 spiro atoms. The SMILES string of the molecule is O=C(c1ccccc1)C(Sc1cccc2cccnc12)c1ccccc1. The summed E-state index contributed by atoms with van der Waals surface area (Å²) in [5.74, 6) is 0.106. The molecule has 1 heterocycles. The van der Waals surface area contributed by atoms with Crippen LogP contribution < -0.4 is 0 Å². The van der Waals surface area contributed by atoms with Gasteiger partial charge in [0.05, 0.1) is 10.8 Å². The number of nitrogens with zero attached hydrogens (tertiary/aromatic N) is 1. The average Bonchev–Trinajstić information content (AvgIpc) is 2.73. The molecular formula is C23H17NOS. The van der Waals surface area contributed by atoms with E-state index in [1.54, 1.807) is 18.0 Å². The fraction of sp³-hybridized carbons (Fsp3) is 0.0435. The van der Waals surface area contributed by atoms with E-state index >= 15 is 0 Å². The van der Waals surface area contributed by atoms with Gasteiger partial charge in [0.15, 0.2) is 5.78 Å². The fourth-order valence-corrected chi connectivity index (χ4v) is 4.18. The summed E-state index contributed by atoms with van der Waals surface area (Å²) in [5, 5.41) is 0.766. The Morgan fingerprint density at radius 2 is 1.46 bits per heavy atom. The number of thioether (sulfide) groups is 1. The Bertz CT molecular complexity index is 1030. The predicted molar refractivity (Wildman–Crippen MR) is 108 cm³/mol. The molecule has 3 aromatic carbocycles. The third kappa shape index (κ3) is 3.39. The van der Waals surface area contributed by atoms with Crippen LogP contribution >= 0.6 is 11.8 Å². The van der Waals surface area contributed by atoms with E-state index in [-0.39, 0.29) is 11.0 Å². The van der Waals surface area contributed by atoms with Gasteiger partial charge in [-0.2, -0.15) is 0 Å². The first kappa shape index (κ1) is 16.6. The highest BCUT2D eigenvalue weighted by atomic mass is 32.2. The normalized spacial score (nSPS) is 12.0. The van der Waals surface area contributed by atoms with E-state index in [1.165, 1.54) is 0 Å². The standard InChI is InChI=1S/C23H17NOS/c25-22(18-9-3-1-4-10-18)23(19-11-5-2-6-12-19)26-20-15-7-13-17-14-8-16-24-21(17)20/h1-16,23H. The second-order valence-electron chi connectivity index (χ2n) is 5.97. The molecule has 0 amide bonds. The van der Waals surface area contributed by atoms with Crippen LogP contribution in [-0.4, -0.2) is 10.8 Å². The Morgan fingerprint density at radius 1 is 0.769 bits per heavy atom. The number of para-hydroxylation sites is 1. The van der Waals surface area contributed by atoms with Crippen molar-refractivity contribution >= 4 is 28.4 Å². The lowest BCUT2D eigenvalue weighted by atomic mass is 10.0. The number of Topliss-reactive ketones (excluding diaryl/α,β-unsaturated/α-hetero) is 1. The molecule has 0 saturated heterocycles. The van der Waals surface area contributed by atoms with Crippen molar-refractivity contribution in [3.63, 3.8) is 0 Å². The second kappa shape index (κ2) is 7.54. The minimum atomic E-state index is -0.314. The Morgan fingerprint density at radius 3 is 2.23 bits per heavy atom. The third-order valence-corrected chi connectivity index (χ3v) is 5.54. The zero-order valence-corrected chi connectivity index (χ0v) is 14.9. The molecule has 1 aromatic heterocycles. The maximum atomic E-state index is 13.2. The van der Waals surface area contributed by atoms with E-state index in [9.17, 15) is 4.79 Å². The molecule has 0 aliphatic heterocycles. The first-order valence-electron chi connectivity index (χ1n) is 8.47. The Balaban J connectivity index is 1.77. The van der Waals surface area contributed by atoms with Gasteiger partial charge in [-0.1, -0.05) is 78.9 Å². The molecule has 3 heteroatoms. The molecule has 0 saturated carbocycles. The van der Waals surface area contributed by atoms with Gasteiger partial charge < -0.3 is 0 Å². The van der Waals surface area contributed by atoms with Crippen molar-refractivity contribution in [1.29, 1.82) is 0 Å². The number of rotatable bonds is 5. The number of ketones is 1. The largest absolute Gasteiger partial charge is 0.293 e. The number of carbonyl (C=O) groups is 1. The van der Waals surface area contributed by atoms with E-state index < -0.39 is 0 Å². The summed E-state index contributed by atoms with van der Waals surface area (Å²) in [6, 6.07) is 29.5. The molecule has 26 heavy (non-hydrogen) atoms. The lowest BCUT2D eigenvalue weighted by Crippen LogP contribution is -2.10. The summed E-state index contributed by atoms with van der Waals surface area (Å²) in [4.78, 5) is 18.8. The number of aromatic nitrogens is 1. The number of carbonyl (C=O) groups excluding carboxylic acids is 1. The van der Waals surface area contributed by atoms with Crippen molar-refractivity contribution in [2.75, 3.05) is 0 Å². The predicted octanol–water partition coefficient (Wildman–Crippen LogP) is 5.95. The highest BCUT2D eigenvalue weighted by molar-refractivity contribution is 8.00. The van der Waals surface area contributed by atoms with Crippen molar-refractivity contribution < 1.29 is 4.79 Å². The molecule has 4 rings (SSSR count).